The van der Waals surface area contributed by atoms with Crippen LogP contribution < -0.4 is 0 Å². The molecular formula is C15H14N2S. The summed E-state index contributed by atoms with van der Waals surface area (Å²) in [5.74, 6) is 0. The number of fused-ring (bicyclic) bond motifs is 1. The van der Waals surface area contributed by atoms with Gasteiger partial charge in [0.1, 0.15) is 15.4 Å². The van der Waals surface area contributed by atoms with Crippen LogP contribution >= 0.6 is 11.3 Å². The molecule has 2 heterocycles. The fourth-order valence-electron chi connectivity index (χ4n) is 1.98. The van der Waals surface area contributed by atoms with E-state index in [0.717, 1.165) is 27.5 Å². The molecule has 1 aromatic carbocycles. The molecule has 0 bridgehead atoms. The van der Waals surface area contributed by atoms with Crippen molar-refractivity contribution in [1.29, 1.82) is 0 Å². The van der Waals surface area contributed by atoms with Crippen LogP contribution in [0.15, 0.2) is 36.4 Å². The lowest BCUT2D eigenvalue weighted by atomic mass is 10.1. The molecule has 0 saturated heterocycles. The second-order valence-electron chi connectivity index (χ2n) is 4.31. The van der Waals surface area contributed by atoms with Crippen molar-refractivity contribution in [2.24, 2.45) is 0 Å². The summed E-state index contributed by atoms with van der Waals surface area (Å²) in [4.78, 5) is 10.3. The Balaban J connectivity index is 2.17. The summed E-state index contributed by atoms with van der Waals surface area (Å²) in [5, 5.41) is 1.06. The number of pyridine rings is 1. The second-order valence-corrected chi connectivity index (χ2v) is 5.29. The highest BCUT2D eigenvalue weighted by atomic mass is 32.1. The number of hydrogen-bond donors (Lipinski definition) is 0. The summed E-state index contributed by atoms with van der Waals surface area (Å²) in [5.41, 5.74) is 4.59. The number of nitrogens with zero attached hydrogens (tertiary/aromatic N) is 2. The molecule has 0 aliphatic heterocycles. The number of hydrogen-bond acceptors (Lipinski definition) is 3. The van der Waals surface area contributed by atoms with Crippen LogP contribution in [-0.4, -0.2) is 9.97 Å². The first-order valence-electron chi connectivity index (χ1n) is 6.10. The summed E-state index contributed by atoms with van der Waals surface area (Å²) in [7, 11) is 0. The molecule has 0 saturated carbocycles. The Labute approximate surface area is 110 Å². The largest absolute Gasteiger partial charge is 0.240 e. The third kappa shape index (κ3) is 1.91. The van der Waals surface area contributed by atoms with E-state index >= 15 is 0 Å². The van der Waals surface area contributed by atoms with Gasteiger partial charge in [-0.2, -0.15) is 0 Å². The van der Waals surface area contributed by atoms with Crippen molar-refractivity contribution in [3.8, 4) is 10.6 Å². The predicted molar refractivity (Wildman–Crippen MR) is 77.0 cm³/mol. The number of benzene rings is 1. The summed E-state index contributed by atoms with van der Waals surface area (Å²) in [6.07, 6.45) is 0.966. The van der Waals surface area contributed by atoms with Gasteiger partial charge in [0, 0.05) is 11.3 Å². The summed E-state index contributed by atoms with van der Waals surface area (Å²) >= 11 is 1.67. The Morgan fingerprint density at radius 2 is 1.89 bits per heavy atom. The van der Waals surface area contributed by atoms with Crippen LogP contribution in [-0.2, 0) is 6.42 Å². The molecule has 0 aliphatic carbocycles. The summed E-state index contributed by atoms with van der Waals surface area (Å²) in [6.45, 7) is 4.24. The predicted octanol–water partition coefficient (Wildman–Crippen LogP) is 4.23. The smallest absolute Gasteiger partial charge is 0.144 e. The second kappa shape index (κ2) is 4.50. The van der Waals surface area contributed by atoms with Gasteiger partial charge in [-0.05, 0) is 31.0 Å². The minimum atomic E-state index is 0.966. The highest BCUT2D eigenvalue weighted by Crippen LogP contribution is 2.30. The van der Waals surface area contributed by atoms with E-state index in [1.54, 1.807) is 11.3 Å². The van der Waals surface area contributed by atoms with Crippen molar-refractivity contribution in [2.75, 3.05) is 0 Å². The molecule has 2 aromatic heterocycles. The lowest BCUT2D eigenvalue weighted by Gasteiger charge is -1.99. The Hall–Kier alpha value is -1.74. The van der Waals surface area contributed by atoms with E-state index in [1.807, 2.05) is 0 Å². The van der Waals surface area contributed by atoms with E-state index in [9.17, 15) is 0 Å². The van der Waals surface area contributed by atoms with Gasteiger partial charge < -0.3 is 0 Å². The van der Waals surface area contributed by atoms with Crippen molar-refractivity contribution >= 4 is 21.7 Å². The van der Waals surface area contributed by atoms with Gasteiger partial charge in [0.15, 0.2) is 0 Å². The van der Waals surface area contributed by atoms with Crippen LogP contribution in [0.3, 0.4) is 0 Å². The van der Waals surface area contributed by atoms with Crippen molar-refractivity contribution in [3.63, 3.8) is 0 Å². The minimum Gasteiger partial charge on any atom is -0.240 e. The molecule has 2 nitrogen and oxygen atoms in total. The van der Waals surface area contributed by atoms with Crippen LogP contribution in [0.2, 0.25) is 0 Å². The maximum Gasteiger partial charge on any atom is 0.144 e. The van der Waals surface area contributed by atoms with Gasteiger partial charge in [-0.3, -0.25) is 0 Å². The highest BCUT2D eigenvalue weighted by molar-refractivity contribution is 7.21. The molecule has 3 heteroatoms. The lowest BCUT2D eigenvalue weighted by molar-refractivity contribution is 1.06. The standard InChI is InChI=1S/C15H14N2S/c1-3-11-8-9-13-15(16-11)18-14(17-13)12-7-5-4-6-10(12)2/h4-9H,3H2,1-2H3. The summed E-state index contributed by atoms with van der Waals surface area (Å²) in [6, 6.07) is 12.5. The molecule has 3 aromatic rings. The Bertz CT molecular complexity index is 701. The van der Waals surface area contributed by atoms with Gasteiger partial charge >= 0.3 is 0 Å². The van der Waals surface area contributed by atoms with Crippen LogP contribution in [0.1, 0.15) is 18.2 Å². The van der Waals surface area contributed by atoms with Crippen molar-refractivity contribution in [1.82, 2.24) is 9.97 Å². The molecule has 0 atom stereocenters. The molecule has 0 N–H and O–H groups in total. The van der Waals surface area contributed by atoms with Crippen LogP contribution in [0.4, 0.5) is 0 Å². The van der Waals surface area contributed by atoms with Crippen LogP contribution in [0, 0.1) is 6.92 Å². The molecule has 0 unspecified atom stereocenters. The van der Waals surface area contributed by atoms with Gasteiger partial charge in [0.05, 0.1) is 0 Å². The normalized spacial score (nSPS) is 11.0. The molecule has 0 spiro atoms. The van der Waals surface area contributed by atoms with Crippen molar-refractivity contribution in [2.45, 2.75) is 20.3 Å². The number of aryl methyl sites for hydroxylation is 2. The van der Waals surface area contributed by atoms with Gasteiger partial charge in [0.2, 0.25) is 0 Å². The van der Waals surface area contributed by atoms with E-state index in [0.29, 0.717) is 0 Å². The monoisotopic (exact) mass is 254 g/mol. The lowest BCUT2D eigenvalue weighted by Crippen LogP contribution is -1.84. The molecule has 90 valence electrons. The van der Waals surface area contributed by atoms with Gasteiger partial charge in [0.25, 0.3) is 0 Å². The molecule has 18 heavy (non-hydrogen) atoms. The Kier molecular flexibility index (Phi) is 2.84. The fourth-order valence-corrected chi connectivity index (χ4v) is 3.03. The SMILES string of the molecule is CCc1ccc2nc(-c3ccccc3C)sc2n1. The Morgan fingerprint density at radius 1 is 1.06 bits per heavy atom. The zero-order valence-electron chi connectivity index (χ0n) is 10.5. The molecule has 3 rings (SSSR count). The molecule has 0 aliphatic rings. The van der Waals surface area contributed by atoms with Gasteiger partial charge in [-0.15, -0.1) is 0 Å². The van der Waals surface area contributed by atoms with Gasteiger partial charge in [-0.1, -0.05) is 42.5 Å². The third-order valence-electron chi connectivity index (χ3n) is 3.05. The van der Waals surface area contributed by atoms with Crippen molar-refractivity contribution < 1.29 is 0 Å². The third-order valence-corrected chi connectivity index (χ3v) is 4.05. The van der Waals surface area contributed by atoms with Crippen LogP contribution in [0.5, 0.6) is 0 Å². The average Bonchev–Trinajstić information content (AvgIpc) is 2.81. The fraction of sp³-hybridized carbons (Fsp3) is 0.200. The minimum absolute atomic E-state index is 0.966. The number of aromatic nitrogens is 2. The first kappa shape index (κ1) is 11.4. The number of rotatable bonds is 2. The van der Waals surface area contributed by atoms with E-state index < -0.39 is 0 Å². The van der Waals surface area contributed by atoms with Crippen LogP contribution in [0.25, 0.3) is 20.9 Å². The molecule has 0 radical (unpaired) electrons. The van der Waals surface area contributed by atoms with E-state index in [1.165, 1.54) is 11.1 Å². The highest BCUT2D eigenvalue weighted by Gasteiger charge is 2.09. The Morgan fingerprint density at radius 3 is 2.67 bits per heavy atom. The van der Waals surface area contributed by atoms with E-state index in [4.69, 9.17) is 0 Å². The first-order valence-corrected chi connectivity index (χ1v) is 6.92. The topological polar surface area (TPSA) is 25.8 Å². The van der Waals surface area contributed by atoms with Crippen molar-refractivity contribution in [3.05, 3.63) is 47.7 Å². The van der Waals surface area contributed by atoms with Gasteiger partial charge in [-0.25, -0.2) is 9.97 Å². The number of thiazole rings is 1. The maximum atomic E-state index is 4.68. The molecule has 0 fully saturated rings. The first-order chi connectivity index (χ1) is 8.78. The average molecular weight is 254 g/mol. The van der Waals surface area contributed by atoms with E-state index in [2.05, 4.69) is 60.2 Å². The maximum absolute atomic E-state index is 4.68. The molecule has 0 amide bonds. The van der Waals surface area contributed by atoms with E-state index in [-0.39, 0.29) is 0 Å². The quantitative estimate of drug-likeness (QED) is 0.684. The molecular weight excluding hydrogens is 240 g/mol. The zero-order chi connectivity index (χ0) is 12.5. The summed E-state index contributed by atoms with van der Waals surface area (Å²) < 4.78 is 0. The zero-order valence-corrected chi connectivity index (χ0v) is 11.3.